The zero-order valence-corrected chi connectivity index (χ0v) is 10.7. The Balaban J connectivity index is 1.91. The van der Waals surface area contributed by atoms with Gasteiger partial charge in [0.1, 0.15) is 0 Å². The monoisotopic (exact) mass is 267 g/mol. The van der Waals surface area contributed by atoms with E-state index in [9.17, 15) is 13.2 Å². The Labute approximate surface area is 105 Å². The van der Waals surface area contributed by atoms with Gasteiger partial charge in [0.05, 0.1) is 5.92 Å². The van der Waals surface area contributed by atoms with Crippen molar-refractivity contribution < 1.29 is 13.2 Å². The molecule has 1 saturated heterocycles. The van der Waals surface area contributed by atoms with Crippen molar-refractivity contribution >= 4 is 11.8 Å². The van der Waals surface area contributed by atoms with Crippen LogP contribution in [0.3, 0.4) is 0 Å². The van der Waals surface area contributed by atoms with Crippen molar-refractivity contribution in [2.24, 2.45) is 5.92 Å². The van der Waals surface area contributed by atoms with Gasteiger partial charge in [0.25, 0.3) is 0 Å². The summed E-state index contributed by atoms with van der Waals surface area (Å²) in [6.45, 7) is 0. The molecule has 1 aliphatic carbocycles. The Morgan fingerprint density at radius 1 is 1.00 bits per heavy atom. The highest BCUT2D eigenvalue weighted by Crippen LogP contribution is 2.38. The zero-order valence-electron chi connectivity index (χ0n) is 9.93. The van der Waals surface area contributed by atoms with Crippen LogP contribution in [0, 0.1) is 5.92 Å². The molecule has 0 bridgehead atoms. The number of rotatable bonds is 2. The molecule has 0 aromatic rings. The summed E-state index contributed by atoms with van der Waals surface area (Å²) in [7, 11) is 0. The minimum Gasteiger partial charge on any atom is -0.310 e. The van der Waals surface area contributed by atoms with Gasteiger partial charge in [0.2, 0.25) is 0 Å². The maximum Gasteiger partial charge on any atom is 0.393 e. The second-order valence-electron chi connectivity index (χ2n) is 5.12. The molecule has 0 aromatic heterocycles. The topological polar surface area (TPSA) is 12.0 Å². The van der Waals surface area contributed by atoms with Crippen LogP contribution in [0.5, 0.6) is 0 Å². The molecule has 2 aliphatic rings. The first-order valence-electron chi connectivity index (χ1n) is 6.48. The third-order valence-corrected chi connectivity index (χ3v) is 5.01. The summed E-state index contributed by atoms with van der Waals surface area (Å²) in [5, 5.41) is 3.27. The molecule has 17 heavy (non-hydrogen) atoms. The second kappa shape index (κ2) is 5.83. The molecule has 2 rings (SSSR count). The van der Waals surface area contributed by atoms with E-state index in [-0.39, 0.29) is 6.04 Å². The van der Waals surface area contributed by atoms with Gasteiger partial charge in [-0.15, -0.1) is 0 Å². The third-order valence-electron chi connectivity index (χ3n) is 3.80. The smallest absolute Gasteiger partial charge is 0.310 e. The van der Waals surface area contributed by atoms with Gasteiger partial charge in [0.15, 0.2) is 0 Å². The first-order chi connectivity index (χ1) is 8.07. The summed E-state index contributed by atoms with van der Waals surface area (Å²) in [5.41, 5.74) is 0. The molecule has 3 atom stereocenters. The van der Waals surface area contributed by atoms with Crippen molar-refractivity contribution in [2.45, 2.75) is 56.8 Å². The molecule has 1 nitrogen and oxygen atoms in total. The Morgan fingerprint density at radius 3 is 2.41 bits per heavy atom. The van der Waals surface area contributed by atoms with Crippen molar-refractivity contribution in [1.82, 2.24) is 5.32 Å². The minimum absolute atomic E-state index is 0.293. The number of halogens is 3. The lowest BCUT2D eigenvalue weighted by Gasteiger charge is -2.37. The third kappa shape index (κ3) is 3.78. The van der Waals surface area contributed by atoms with E-state index in [1.807, 2.05) is 11.8 Å². The number of hydrogen-bond donors (Lipinski definition) is 1. The number of nitrogens with one attached hydrogen (secondary N) is 1. The van der Waals surface area contributed by atoms with Gasteiger partial charge >= 0.3 is 6.18 Å². The van der Waals surface area contributed by atoms with Gasteiger partial charge in [-0.3, -0.25) is 0 Å². The normalized spacial score (nSPS) is 35.8. The van der Waals surface area contributed by atoms with E-state index in [1.165, 1.54) is 0 Å². The molecule has 0 amide bonds. The lowest BCUT2D eigenvalue weighted by Crippen LogP contribution is -2.50. The SMILES string of the molecule is FC(F)(F)C1CCCCC1NC1CCCSC1. The van der Waals surface area contributed by atoms with Gasteiger partial charge in [-0.2, -0.15) is 24.9 Å². The lowest BCUT2D eigenvalue weighted by molar-refractivity contribution is -0.189. The zero-order chi connectivity index (χ0) is 12.3. The van der Waals surface area contributed by atoms with E-state index in [4.69, 9.17) is 0 Å². The standard InChI is InChI=1S/C12H20F3NS/c13-12(14,15)10-5-1-2-6-11(10)16-9-4-3-7-17-8-9/h9-11,16H,1-8H2. The highest BCUT2D eigenvalue weighted by Gasteiger charge is 2.45. The molecule has 0 spiro atoms. The molecular formula is C12H20F3NS. The summed E-state index contributed by atoms with van der Waals surface area (Å²) in [5.74, 6) is 1.01. The van der Waals surface area contributed by atoms with Crippen LogP contribution in [0.1, 0.15) is 38.5 Å². The molecule has 100 valence electrons. The molecule has 1 heterocycles. The number of hydrogen-bond acceptors (Lipinski definition) is 2. The first kappa shape index (κ1) is 13.5. The summed E-state index contributed by atoms with van der Waals surface area (Å²) in [4.78, 5) is 0. The van der Waals surface area contributed by atoms with E-state index >= 15 is 0 Å². The van der Waals surface area contributed by atoms with E-state index in [2.05, 4.69) is 5.32 Å². The van der Waals surface area contributed by atoms with Crippen LogP contribution in [0.25, 0.3) is 0 Å². The van der Waals surface area contributed by atoms with Gasteiger partial charge in [-0.25, -0.2) is 0 Å². The van der Waals surface area contributed by atoms with E-state index in [0.717, 1.165) is 37.2 Å². The maximum absolute atomic E-state index is 12.9. The second-order valence-corrected chi connectivity index (χ2v) is 6.27. The Hall–Kier alpha value is 0.100. The molecule has 2 fully saturated rings. The average molecular weight is 267 g/mol. The van der Waals surface area contributed by atoms with Crippen LogP contribution in [0.15, 0.2) is 0 Å². The fourth-order valence-electron chi connectivity index (χ4n) is 2.90. The quantitative estimate of drug-likeness (QED) is 0.820. The average Bonchev–Trinajstić information content (AvgIpc) is 2.30. The summed E-state index contributed by atoms with van der Waals surface area (Å²) in [6.07, 6.45) is 0.790. The summed E-state index contributed by atoms with van der Waals surface area (Å²) in [6, 6.07) is -0.0471. The van der Waals surface area contributed by atoms with Crippen LogP contribution in [0.4, 0.5) is 13.2 Å². The minimum atomic E-state index is -4.03. The largest absolute Gasteiger partial charge is 0.393 e. The van der Waals surface area contributed by atoms with E-state index in [1.54, 1.807) is 0 Å². The van der Waals surface area contributed by atoms with Crippen LogP contribution >= 0.6 is 11.8 Å². The number of thioether (sulfide) groups is 1. The highest BCUT2D eigenvalue weighted by molar-refractivity contribution is 7.99. The first-order valence-corrected chi connectivity index (χ1v) is 7.63. The molecule has 1 N–H and O–H groups in total. The predicted octanol–water partition coefficient (Wildman–Crippen LogP) is 3.59. The van der Waals surface area contributed by atoms with Crippen LogP contribution < -0.4 is 5.32 Å². The van der Waals surface area contributed by atoms with Gasteiger partial charge in [-0.05, 0) is 31.4 Å². The van der Waals surface area contributed by atoms with Crippen LogP contribution in [-0.4, -0.2) is 29.8 Å². The van der Waals surface area contributed by atoms with Crippen molar-refractivity contribution in [3.05, 3.63) is 0 Å². The van der Waals surface area contributed by atoms with Crippen molar-refractivity contribution in [1.29, 1.82) is 0 Å². The van der Waals surface area contributed by atoms with Gasteiger partial charge < -0.3 is 5.32 Å². The highest BCUT2D eigenvalue weighted by atomic mass is 32.2. The van der Waals surface area contributed by atoms with E-state index < -0.39 is 12.1 Å². The van der Waals surface area contributed by atoms with E-state index in [0.29, 0.717) is 18.9 Å². The molecular weight excluding hydrogens is 247 g/mol. The Morgan fingerprint density at radius 2 is 1.76 bits per heavy atom. The maximum atomic E-state index is 12.9. The predicted molar refractivity (Wildman–Crippen MR) is 65.3 cm³/mol. The lowest BCUT2D eigenvalue weighted by atomic mass is 9.83. The van der Waals surface area contributed by atoms with Crippen molar-refractivity contribution in [2.75, 3.05) is 11.5 Å². The fraction of sp³-hybridized carbons (Fsp3) is 1.00. The van der Waals surface area contributed by atoms with Crippen molar-refractivity contribution in [3.63, 3.8) is 0 Å². The molecule has 3 unspecified atom stereocenters. The van der Waals surface area contributed by atoms with Crippen LogP contribution in [-0.2, 0) is 0 Å². The van der Waals surface area contributed by atoms with Gasteiger partial charge in [0, 0.05) is 17.8 Å². The van der Waals surface area contributed by atoms with Gasteiger partial charge in [-0.1, -0.05) is 12.8 Å². The molecule has 0 aromatic carbocycles. The summed E-state index contributed by atoms with van der Waals surface area (Å²) < 4.78 is 38.7. The van der Waals surface area contributed by atoms with Crippen LogP contribution in [0.2, 0.25) is 0 Å². The molecule has 1 aliphatic heterocycles. The summed E-state index contributed by atoms with van der Waals surface area (Å²) >= 11 is 1.86. The molecule has 1 saturated carbocycles. The number of alkyl halides is 3. The Bertz CT molecular complexity index is 238. The molecule has 0 radical (unpaired) electrons. The fourth-order valence-corrected chi connectivity index (χ4v) is 3.98. The van der Waals surface area contributed by atoms with Crippen molar-refractivity contribution in [3.8, 4) is 0 Å². The Kier molecular flexibility index (Phi) is 4.64. The molecule has 5 heteroatoms.